The van der Waals surface area contributed by atoms with Crippen LogP contribution in [0.15, 0.2) is 22.0 Å². The van der Waals surface area contributed by atoms with Gasteiger partial charge in [0.25, 0.3) is 0 Å². The Kier molecular flexibility index (Phi) is 3.57. The maximum absolute atomic E-state index is 5.59. The van der Waals surface area contributed by atoms with Crippen molar-refractivity contribution in [1.29, 1.82) is 0 Å². The predicted octanol–water partition coefficient (Wildman–Crippen LogP) is 4.65. The van der Waals surface area contributed by atoms with Crippen LogP contribution in [0.4, 0.5) is 0 Å². The van der Waals surface area contributed by atoms with Crippen molar-refractivity contribution in [3.8, 4) is 0 Å². The smallest absolute Gasteiger partial charge is 0.229 e. The van der Waals surface area contributed by atoms with Gasteiger partial charge in [-0.3, -0.25) is 0 Å². The number of hydrogen-bond donors (Lipinski definition) is 0. The lowest BCUT2D eigenvalue weighted by molar-refractivity contribution is 0.118. The zero-order valence-corrected chi connectivity index (χ0v) is 13.3. The Morgan fingerprint density at radius 1 is 1.19 bits per heavy atom. The van der Waals surface area contributed by atoms with Crippen LogP contribution >= 0.6 is 11.3 Å². The van der Waals surface area contributed by atoms with E-state index in [1.165, 1.54) is 37.0 Å². The summed E-state index contributed by atoms with van der Waals surface area (Å²) in [6.45, 7) is 2.41. The highest BCUT2D eigenvalue weighted by molar-refractivity contribution is 7.09. The SMILES string of the molecule is CC1CC2CC(C1)CC(c1nc(Cc3cccs3)no1)C2. The maximum Gasteiger partial charge on any atom is 0.229 e. The van der Waals surface area contributed by atoms with Gasteiger partial charge in [0, 0.05) is 17.2 Å². The van der Waals surface area contributed by atoms with E-state index in [1.807, 2.05) is 0 Å². The average Bonchev–Trinajstić information content (AvgIpc) is 3.09. The van der Waals surface area contributed by atoms with Crippen LogP contribution in [0.1, 0.15) is 61.5 Å². The fourth-order valence-electron chi connectivity index (χ4n) is 4.46. The summed E-state index contributed by atoms with van der Waals surface area (Å²) in [4.78, 5) is 5.99. The van der Waals surface area contributed by atoms with Gasteiger partial charge in [-0.2, -0.15) is 4.98 Å². The van der Waals surface area contributed by atoms with E-state index in [-0.39, 0.29) is 0 Å². The third-order valence-electron chi connectivity index (χ3n) is 5.12. The molecule has 2 aromatic heterocycles. The van der Waals surface area contributed by atoms with Crippen molar-refractivity contribution in [2.75, 3.05) is 0 Å². The summed E-state index contributed by atoms with van der Waals surface area (Å²) < 4.78 is 5.59. The molecule has 2 bridgehead atoms. The van der Waals surface area contributed by atoms with Crippen LogP contribution in [0.25, 0.3) is 0 Å². The van der Waals surface area contributed by atoms with Crippen molar-refractivity contribution in [3.63, 3.8) is 0 Å². The summed E-state index contributed by atoms with van der Waals surface area (Å²) in [6.07, 6.45) is 7.52. The molecule has 4 heteroatoms. The van der Waals surface area contributed by atoms with Gasteiger partial charge in [-0.15, -0.1) is 11.3 Å². The Hall–Kier alpha value is -1.16. The summed E-state index contributed by atoms with van der Waals surface area (Å²) >= 11 is 1.75. The van der Waals surface area contributed by atoms with Gasteiger partial charge in [0.15, 0.2) is 5.82 Å². The second-order valence-corrected chi connectivity index (χ2v) is 8.05. The molecule has 0 radical (unpaired) electrons. The Balaban J connectivity index is 1.46. The number of thiophene rings is 1. The lowest BCUT2D eigenvalue weighted by Crippen LogP contribution is -2.29. The largest absolute Gasteiger partial charge is 0.339 e. The molecule has 0 aromatic carbocycles. The van der Waals surface area contributed by atoms with Gasteiger partial charge in [-0.05, 0) is 61.3 Å². The van der Waals surface area contributed by atoms with E-state index in [4.69, 9.17) is 4.52 Å². The quantitative estimate of drug-likeness (QED) is 0.828. The molecule has 2 aliphatic carbocycles. The minimum absolute atomic E-state index is 0.505. The third kappa shape index (κ3) is 2.91. The first kappa shape index (κ1) is 13.5. The zero-order chi connectivity index (χ0) is 14.2. The molecule has 2 aliphatic rings. The summed E-state index contributed by atoms with van der Waals surface area (Å²) in [5.41, 5.74) is 0. The fourth-order valence-corrected chi connectivity index (χ4v) is 5.16. The average molecular weight is 302 g/mol. The van der Waals surface area contributed by atoms with Crippen molar-refractivity contribution in [2.45, 2.75) is 51.4 Å². The van der Waals surface area contributed by atoms with E-state index in [1.54, 1.807) is 11.3 Å². The number of hydrogen-bond acceptors (Lipinski definition) is 4. The molecule has 0 spiro atoms. The van der Waals surface area contributed by atoms with E-state index in [0.29, 0.717) is 5.92 Å². The molecular weight excluding hydrogens is 280 g/mol. The van der Waals surface area contributed by atoms with Gasteiger partial charge < -0.3 is 4.52 Å². The van der Waals surface area contributed by atoms with E-state index in [2.05, 4.69) is 34.6 Å². The monoisotopic (exact) mass is 302 g/mol. The molecule has 2 aromatic rings. The minimum atomic E-state index is 0.505. The van der Waals surface area contributed by atoms with Crippen LogP contribution in [-0.2, 0) is 6.42 Å². The third-order valence-corrected chi connectivity index (χ3v) is 6.00. The van der Waals surface area contributed by atoms with Crippen molar-refractivity contribution in [2.24, 2.45) is 17.8 Å². The highest BCUT2D eigenvalue weighted by Crippen LogP contribution is 2.47. The molecule has 2 atom stereocenters. The van der Waals surface area contributed by atoms with Crippen LogP contribution in [-0.4, -0.2) is 10.1 Å². The van der Waals surface area contributed by atoms with Crippen LogP contribution in [0.3, 0.4) is 0 Å². The zero-order valence-electron chi connectivity index (χ0n) is 12.5. The van der Waals surface area contributed by atoms with Crippen LogP contribution in [0, 0.1) is 17.8 Å². The van der Waals surface area contributed by atoms with E-state index >= 15 is 0 Å². The van der Waals surface area contributed by atoms with Crippen LogP contribution < -0.4 is 0 Å². The summed E-state index contributed by atoms with van der Waals surface area (Å²) in [6, 6.07) is 4.21. The second-order valence-electron chi connectivity index (χ2n) is 7.02. The molecule has 0 saturated heterocycles. The van der Waals surface area contributed by atoms with E-state index < -0.39 is 0 Å². The standard InChI is InChI=1S/C17H22N2OS/c1-11-5-12-7-13(6-11)9-14(8-12)17-18-16(19-20-17)10-15-3-2-4-21-15/h2-4,11-14H,5-10H2,1H3. The Morgan fingerprint density at radius 3 is 2.71 bits per heavy atom. The van der Waals surface area contributed by atoms with Crippen molar-refractivity contribution >= 4 is 11.3 Å². The molecule has 0 N–H and O–H groups in total. The lowest BCUT2D eigenvalue weighted by Gasteiger charge is -2.40. The number of rotatable bonds is 3. The molecule has 2 heterocycles. The van der Waals surface area contributed by atoms with Crippen molar-refractivity contribution < 1.29 is 4.52 Å². The Morgan fingerprint density at radius 2 is 2.00 bits per heavy atom. The second kappa shape index (κ2) is 5.56. The number of aromatic nitrogens is 2. The van der Waals surface area contributed by atoms with Gasteiger partial charge in [0.2, 0.25) is 5.89 Å². The van der Waals surface area contributed by atoms with Crippen LogP contribution in [0.5, 0.6) is 0 Å². The molecule has 0 amide bonds. The van der Waals surface area contributed by atoms with Crippen molar-refractivity contribution in [1.82, 2.24) is 10.1 Å². The topological polar surface area (TPSA) is 38.9 Å². The lowest BCUT2D eigenvalue weighted by atomic mass is 9.65. The summed E-state index contributed by atoms with van der Waals surface area (Å²) in [5, 5.41) is 6.29. The Labute approximate surface area is 129 Å². The summed E-state index contributed by atoms with van der Waals surface area (Å²) in [5.74, 6) is 4.91. The maximum atomic E-state index is 5.59. The van der Waals surface area contributed by atoms with Crippen LogP contribution in [0.2, 0.25) is 0 Å². The molecule has 0 aliphatic heterocycles. The van der Waals surface area contributed by atoms with Gasteiger partial charge >= 0.3 is 0 Å². The first-order chi connectivity index (χ1) is 10.3. The molecule has 2 saturated carbocycles. The highest BCUT2D eigenvalue weighted by atomic mass is 32.1. The molecule has 2 unspecified atom stereocenters. The van der Waals surface area contributed by atoms with Gasteiger partial charge in [0.05, 0.1) is 0 Å². The van der Waals surface area contributed by atoms with Gasteiger partial charge in [-0.25, -0.2) is 0 Å². The molecular formula is C17H22N2OS. The molecule has 21 heavy (non-hydrogen) atoms. The van der Waals surface area contributed by atoms with E-state index in [9.17, 15) is 0 Å². The predicted molar refractivity (Wildman–Crippen MR) is 83.4 cm³/mol. The first-order valence-electron chi connectivity index (χ1n) is 8.11. The van der Waals surface area contributed by atoms with E-state index in [0.717, 1.165) is 35.9 Å². The highest BCUT2D eigenvalue weighted by Gasteiger charge is 2.37. The molecule has 4 rings (SSSR count). The number of fused-ring (bicyclic) bond motifs is 2. The molecule has 2 fully saturated rings. The molecule has 112 valence electrons. The Bertz CT molecular complexity index is 574. The normalized spacial score (nSPS) is 32.2. The van der Waals surface area contributed by atoms with Gasteiger partial charge in [0.1, 0.15) is 0 Å². The minimum Gasteiger partial charge on any atom is -0.339 e. The fraction of sp³-hybridized carbons (Fsp3) is 0.647. The molecule has 3 nitrogen and oxygen atoms in total. The summed E-state index contributed by atoms with van der Waals surface area (Å²) in [7, 11) is 0. The first-order valence-corrected chi connectivity index (χ1v) is 8.99. The van der Waals surface area contributed by atoms with Gasteiger partial charge in [-0.1, -0.05) is 18.1 Å². The number of nitrogens with zero attached hydrogens (tertiary/aromatic N) is 2. The van der Waals surface area contributed by atoms with Crippen molar-refractivity contribution in [3.05, 3.63) is 34.1 Å².